The van der Waals surface area contributed by atoms with Gasteiger partial charge in [-0.05, 0) is 28.8 Å². The quantitative estimate of drug-likeness (QED) is 0.313. The molecule has 0 aromatic heterocycles. The molecule has 2 N–H and O–H groups in total. The summed E-state index contributed by atoms with van der Waals surface area (Å²) in [6.07, 6.45) is 1.37. The van der Waals surface area contributed by atoms with Gasteiger partial charge < -0.3 is 19.6 Å². The maximum absolute atomic E-state index is 13.7. The Bertz CT molecular complexity index is 1250. The summed E-state index contributed by atoms with van der Waals surface area (Å²) in [5.74, 6) is -0.531. The van der Waals surface area contributed by atoms with Crippen LogP contribution < -0.4 is 5.32 Å². The van der Waals surface area contributed by atoms with Gasteiger partial charge in [-0.2, -0.15) is 0 Å². The van der Waals surface area contributed by atoms with Gasteiger partial charge in [0.1, 0.15) is 6.54 Å². The molecule has 6 rings (SSSR count). The van der Waals surface area contributed by atoms with E-state index in [-0.39, 0.29) is 17.9 Å². The minimum Gasteiger partial charge on any atom is -0.453 e. The predicted molar refractivity (Wildman–Crippen MR) is 147 cm³/mol. The molecule has 1 amide bonds. The van der Waals surface area contributed by atoms with Gasteiger partial charge in [0.25, 0.3) is 5.91 Å². The van der Waals surface area contributed by atoms with E-state index in [1.807, 2.05) is 18.2 Å². The number of halogens is 2. The lowest BCUT2D eigenvalue weighted by atomic mass is 9.82. The lowest BCUT2D eigenvalue weighted by Gasteiger charge is -2.51. The molecule has 0 aliphatic carbocycles. The Morgan fingerprint density at radius 1 is 0.921 bits per heavy atom. The summed E-state index contributed by atoms with van der Waals surface area (Å²) in [4.78, 5) is 26.6. The molecule has 1 unspecified atom stereocenters. The molecule has 0 radical (unpaired) electrons. The van der Waals surface area contributed by atoms with E-state index in [1.165, 1.54) is 0 Å². The molecule has 3 aliphatic heterocycles. The van der Waals surface area contributed by atoms with Crippen LogP contribution in [0.1, 0.15) is 29.5 Å². The predicted octanol–water partition coefficient (Wildman–Crippen LogP) is 4.70. The first kappa shape index (κ1) is 26.7. The highest BCUT2D eigenvalue weighted by Gasteiger charge is 2.51. The Balaban J connectivity index is 1.28. The van der Waals surface area contributed by atoms with Crippen molar-refractivity contribution in [3.05, 3.63) is 106 Å². The molecule has 0 saturated carbocycles. The molecule has 8 heteroatoms. The average Bonchev–Trinajstić information content (AvgIpc) is 2.94. The molecule has 6 nitrogen and oxygen atoms in total. The van der Waals surface area contributed by atoms with Gasteiger partial charge in [0.15, 0.2) is 12.6 Å². The average molecular weight is 554 g/mol. The summed E-state index contributed by atoms with van der Waals surface area (Å²) < 4.78 is 6.66. The molecular weight excluding hydrogens is 523 g/mol. The number of carbonyl (C=O) groups excluding carboxylic acids is 2. The van der Waals surface area contributed by atoms with Gasteiger partial charge >= 0.3 is 5.97 Å². The SMILES string of the molecule is O=C(C[N+]12CCC(CC1)C(OC(=O)C(O)(c1ccccc1)c1ccccc1)C2)NCc1ccc(Cl)c(Cl)c1. The minimum absolute atomic E-state index is 0.0634. The molecule has 3 heterocycles. The van der Waals surface area contributed by atoms with Crippen LogP contribution in [-0.2, 0) is 26.5 Å². The first-order chi connectivity index (χ1) is 18.3. The Labute approximate surface area is 232 Å². The molecule has 3 aromatic carbocycles. The van der Waals surface area contributed by atoms with E-state index in [1.54, 1.807) is 60.7 Å². The third kappa shape index (κ3) is 5.45. The zero-order chi connectivity index (χ0) is 26.8. The molecule has 0 spiro atoms. The summed E-state index contributed by atoms with van der Waals surface area (Å²) in [5.41, 5.74) is -0.125. The third-order valence-electron chi connectivity index (χ3n) is 7.93. The summed E-state index contributed by atoms with van der Waals surface area (Å²) in [7, 11) is 0. The van der Waals surface area contributed by atoms with Crippen molar-refractivity contribution in [1.29, 1.82) is 0 Å². The van der Waals surface area contributed by atoms with Crippen LogP contribution in [0.5, 0.6) is 0 Å². The fourth-order valence-electron chi connectivity index (χ4n) is 5.77. The fourth-order valence-corrected chi connectivity index (χ4v) is 6.09. The van der Waals surface area contributed by atoms with Crippen molar-refractivity contribution in [3.8, 4) is 0 Å². The number of amides is 1. The molecule has 3 saturated heterocycles. The fraction of sp³-hybridized carbons (Fsp3) is 0.333. The molecule has 1 atom stereocenters. The van der Waals surface area contributed by atoms with Crippen molar-refractivity contribution in [2.24, 2.45) is 5.92 Å². The van der Waals surface area contributed by atoms with E-state index in [2.05, 4.69) is 5.32 Å². The molecule has 3 aromatic rings. The van der Waals surface area contributed by atoms with Crippen LogP contribution in [0, 0.1) is 5.92 Å². The first-order valence-electron chi connectivity index (χ1n) is 12.9. The number of hydrogen-bond donors (Lipinski definition) is 2. The van der Waals surface area contributed by atoms with E-state index in [9.17, 15) is 14.7 Å². The van der Waals surface area contributed by atoms with Crippen molar-refractivity contribution in [1.82, 2.24) is 5.32 Å². The van der Waals surface area contributed by atoms with Crippen molar-refractivity contribution in [3.63, 3.8) is 0 Å². The number of quaternary nitrogens is 1. The van der Waals surface area contributed by atoms with E-state index in [4.69, 9.17) is 27.9 Å². The van der Waals surface area contributed by atoms with E-state index in [0.717, 1.165) is 31.5 Å². The van der Waals surface area contributed by atoms with Gasteiger partial charge in [0, 0.05) is 25.3 Å². The number of ether oxygens (including phenoxy) is 1. The van der Waals surface area contributed by atoms with Gasteiger partial charge in [-0.1, -0.05) is 89.9 Å². The number of hydrogen-bond acceptors (Lipinski definition) is 4. The standard InChI is InChI=1S/C30H30Cl2N2O4/c31-25-12-11-21(17-26(25)32)18-33-28(35)20-34-15-13-22(14-16-34)27(19-34)38-29(36)30(37,23-7-3-1-4-8-23)24-9-5-2-6-10-24/h1-12,17,22,27,37H,13-16,18-20H2/p+1. The van der Waals surface area contributed by atoms with Gasteiger partial charge in [-0.25, -0.2) is 4.79 Å². The van der Waals surface area contributed by atoms with Crippen molar-refractivity contribution in [2.75, 3.05) is 26.2 Å². The van der Waals surface area contributed by atoms with Crippen LogP contribution in [0.25, 0.3) is 0 Å². The number of piperidine rings is 3. The van der Waals surface area contributed by atoms with Crippen LogP contribution in [-0.4, -0.2) is 53.7 Å². The lowest BCUT2D eigenvalue weighted by Crippen LogP contribution is -2.66. The number of esters is 1. The van der Waals surface area contributed by atoms with Crippen LogP contribution in [0.15, 0.2) is 78.9 Å². The first-order valence-corrected chi connectivity index (χ1v) is 13.6. The van der Waals surface area contributed by atoms with E-state index >= 15 is 0 Å². The zero-order valence-electron chi connectivity index (χ0n) is 21.0. The Hall–Kier alpha value is -2.90. The van der Waals surface area contributed by atoms with Gasteiger partial charge in [0.05, 0.1) is 23.1 Å². The van der Waals surface area contributed by atoms with Crippen molar-refractivity contribution in [2.45, 2.75) is 31.1 Å². The largest absolute Gasteiger partial charge is 0.453 e. The normalized spacial score (nSPS) is 22.6. The number of aliphatic hydroxyl groups is 1. The van der Waals surface area contributed by atoms with Gasteiger partial charge in [-0.3, -0.25) is 4.79 Å². The second-order valence-corrected chi connectivity index (χ2v) is 11.2. The Morgan fingerprint density at radius 3 is 2.11 bits per heavy atom. The molecule has 3 fully saturated rings. The molecule has 2 bridgehead atoms. The van der Waals surface area contributed by atoms with Gasteiger partial charge in [-0.15, -0.1) is 0 Å². The number of nitrogens with zero attached hydrogens (tertiary/aromatic N) is 1. The van der Waals surface area contributed by atoms with Crippen LogP contribution >= 0.6 is 23.2 Å². The summed E-state index contributed by atoms with van der Waals surface area (Å²) in [5, 5.41) is 15.7. The van der Waals surface area contributed by atoms with Crippen LogP contribution in [0.2, 0.25) is 10.0 Å². The number of rotatable bonds is 8. The monoisotopic (exact) mass is 553 g/mol. The molecule has 38 heavy (non-hydrogen) atoms. The summed E-state index contributed by atoms with van der Waals surface area (Å²) >= 11 is 12.1. The molecule has 3 aliphatic rings. The number of fused-ring (bicyclic) bond motifs is 3. The molecule has 198 valence electrons. The van der Waals surface area contributed by atoms with E-state index < -0.39 is 11.6 Å². The highest BCUT2D eigenvalue weighted by Crippen LogP contribution is 2.38. The third-order valence-corrected chi connectivity index (χ3v) is 8.67. The van der Waals surface area contributed by atoms with Crippen LogP contribution in [0.4, 0.5) is 0 Å². The highest BCUT2D eigenvalue weighted by molar-refractivity contribution is 6.42. The minimum atomic E-state index is -1.92. The highest BCUT2D eigenvalue weighted by atomic mass is 35.5. The smallest absolute Gasteiger partial charge is 0.348 e. The Morgan fingerprint density at radius 2 is 1.53 bits per heavy atom. The number of benzene rings is 3. The summed E-state index contributed by atoms with van der Waals surface area (Å²) in [6.45, 7) is 2.94. The molecular formula is C30H31Cl2N2O4+. The number of nitrogens with one attached hydrogen (secondary N) is 1. The number of carbonyl (C=O) groups is 2. The topological polar surface area (TPSA) is 75.6 Å². The van der Waals surface area contributed by atoms with Crippen molar-refractivity contribution >= 4 is 35.1 Å². The van der Waals surface area contributed by atoms with Crippen molar-refractivity contribution < 1.29 is 23.9 Å². The maximum Gasteiger partial charge on any atom is 0.348 e. The lowest BCUT2D eigenvalue weighted by molar-refractivity contribution is -0.939. The van der Waals surface area contributed by atoms with E-state index in [0.29, 0.717) is 45.3 Å². The zero-order valence-corrected chi connectivity index (χ0v) is 22.5. The Kier molecular flexibility index (Phi) is 7.78. The second kappa shape index (κ2) is 11.1. The van der Waals surface area contributed by atoms with Gasteiger partial charge in [0.2, 0.25) is 5.60 Å². The van der Waals surface area contributed by atoms with Crippen LogP contribution in [0.3, 0.4) is 0 Å². The summed E-state index contributed by atoms with van der Waals surface area (Å²) in [6, 6.07) is 23.1. The second-order valence-electron chi connectivity index (χ2n) is 10.4. The maximum atomic E-state index is 13.7.